The minimum Gasteiger partial charge on any atom is -0.352 e. The fourth-order valence-electron chi connectivity index (χ4n) is 2.06. The Bertz CT molecular complexity index is 699. The third-order valence-electron chi connectivity index (χ3n) is 2.99. The Hall–Kier alpha value is -2.69. The molecule has 0 saturated carbocycles. The molecule has 0 spiro atoms. The maximum atomic E-state index is 12.3. The Morgan fingerprint density at radius 1 is 1.16 bits per heavy atom. The van der Waals surface area contributed by atoms with Crippen LogP contribution in [0.5, 0.6) is 0 Å². The van der Waals surface area contributed by atoms with E-state index in [4.69, 9.17) is 0 Å². The number of nitrogens with one attached hydrogen (secondary N) is 1. The molecule has 0 fully saturated rings. The number of fused-ring (bicyclic) bond motifs is 1. The Kier molecular flexibility index (Phi) is 2.52. The zero-order valence-electron chi connectivity index (χ0n) is 10.3. The molecule has 0 aliphatic heterocycles. The van der Waals surface area contributed by atoms with Crippen molar-refractivity contribution in [2.45, 2.75) is 0 Å². The molecule has 94 valence electrons. The van der Waals surface area contributed by atoms with Crippen LogP contribution in [-0.2, 0) is 7.05 Å². The second-order valence-electron chi connectivity index (χ2n) is 4.27. The van der Waals surface area contributed by atoms with Crippen molar-refractivity contribution in [2.75, 3.05) is 5.32 Å². The van der Waals surface area contributed by atoms with Crippen LogP contribution in [0.1, 0.15) is 20.8 Å². The lowest BCUT2D eigenvalue weighted by molar-refractivity contribution is 0.0979. The number of benzene rings is 1. The lowest BCUT2D eigenvalue weighted by Crippen LogP contribution is -2.23. The third-order valence-corrected chi connectivity index (χ3v) is 2.99. The van der Waals surface area contributed by atoms with Crippen LogP contribution in [0.15, 0.2) is 48.3 Å². The number of para-hydroxylation sites is 1. The van der Waals surface area contributed by atoms with Crippen molar-refractivity contribution in [2.24, 2.45) is 7.05 Å². The standard InChI is InChI=1S/C14H11N3O2/c1-17-13-10(8-15-17)12(18)7-11(14(13)19)16-9-5-3-2-4-6-9/h2-8,16H,1H3. The summed E-state index contributed by atoms with van der Waals surface area (Å²) in [6, 6.07) is 9.25. The normalized spacial score (nSPS) is 14.1. The van der Waals surface area contributed by atoms with Gasteiger partial charge in [0.25, 0.3) is 0 Å². The maximum Gasteiger partial charge on any atom is 0.228 e. The average Bonchev–Trinajstić information content (AvgIpc) is 2.80. The predicted molar refractivity (Wildman–Crippen MR) is 70.0 cm³/mol. The van der Waals surface area contributed by atoms with E-state index in [1.807, 2.05) is 30.3 Å². The number of allylic oxidation sites excluding steroid dienone is 2. The summed E-state index contributed by atoms with van der Waals surface area (Å²) >= 11 is 0. The van der Waals surface area contributed by atoms with Crippen molar-refractivity contribution in [3.05, 3.63) is 59.6 Å². The first-order valence-electron chi connectivity index (χ1n) is 5.81. The highest BCUT2D eigenvalue weighted by atomic mass is 16.1. The molecule has 1 aromatic heterocycles. The molecule has 0 radical (unpaired) electrons. The van der Waals surface area contributed by atoms with Crippen LogP contribution >= 0.6 is 0 Å². The van der Waals surface area contributed by atoms with Crippen molar-refractivity contribution in [1.29, 1.82) is 0 Å². The highest BCUT2D eigenvalue weighted by Crippen LogP contribution is 2.21. The molecule has 5 heteroatoms. The molecule has 1 aliphatic rings. The van der Waals surface area contributed by atoms with E-state index in [2.05, 4.69) is 10.4 Å². The Morgan fingerprint density at radius 3 is 2.63 bits per heavy atom. The molecular weight excluding hydrogens is 242 g/mol. The Morgan fingerprint density at radius 2 is 1.89 bits per heavy atom. The van der Waals surface area contributed by atoms with Crippen LogP contribution < -0.4 is 5.32 Å². The Labute approximate surface area is 109 Å². The number of aryl methyl sites for hydroxylation is 1. The van der Waals surface area contributed by atoms with E-state index in [9.17, 15) is 9.59 Å². The van der Waals surface area contributed by atoms with Crippen LogP contribution in [0.3, 0.4) is 0 Å². The Balaban J connectivity index is 1.98. The van der Waals surface area contributed by atoms with Crippen LogP contribution in [0.25, 0.3) is 0 Å². The summed E-state index contributed by atoms with van der Waals surface area (Å²) in [5.74, 6) is -0.431. The third kappa shape index (κ3) is 1.85. The first-order chi connectivity index (χ1) is 9.16. The van der Waals surface area contributed by atoms with Gasteiger partial charge in [0.1, 0.15) is 5.69 Å². The van der Waals surface area contributed by atoms with E-state index in [-0.39, 0.29) is 17.3 Å². The van der Waals surface area contributed by atoms with Gasteiger partial charge in [-0.2, -0.15) is 5.10 Å². The van der Waals surface area contributed by atoms with Gasteiger partial charge in [0.15, 0.2) is 5.78 Å². The predicted octanol–water partition coefficient (Wildman–Crippen LogP) is 1.80. The van der Waals surface area contributed by atoms with Crippen LogP contribution in [0, 0.1) is 0 Å². The fourth-order valence-corrected chi connectivity index (χ4v) is 2.06. The quantitative estimate of drug-likeness (QED) is 0.886. The maximum absolute atomic E-state index is 12.3. The molecule has 0 bridgehead atoms. The topological polar surface area (TPSA) is 64.0 Å². The molecule has 1 aliphatic carbocycles. The number of hydrogen-bond acceptors (Lipinski definition) is 4. The molecule has 2 aromatic rings. The molecule has 0 saturated heterocycles. The van der Waals surface area contributed by atoms with E-state index >= 15 is 0 Å². The van der Waals surface area contributed by atoms with Gasteiger partial charge in [0.05, 0.1) is 17.5 Å². The van der Waals surface area contributed by atoms with Crippen molar-refractivity contribution in [3.8, 4) is 0 Å². The molecule has 0 amide bonds. The first kappa shape index (κ1) is 11.4. The zero-order valence-corrected chi connectivity index (χ0v) is 10.3. The number of ketones is 2. The highest BCUT2D eigenvalue weighted by Gasteiger charge is 2.29. The number of aromatic nitrogens is 2. The first-order valence-corrected chi connectivity index (χ1v) is 5.81. The van der Waals surface area contributed by atoms with Crippen LogP contribution in [-0.4, -0.2) is 21.3 Å². The number of nitrogens with zero attached hydrogens (tertiary/aromatic N) is 2. The summed E-state index contributed by atoms with van der Waals surface area (Å²) in [7, 11) is 1.65. The molecule has 0 atom stereocenters. The van der Waals surface area contributed by atoms with Gasteiger partial charge in [0, 0.05) is 18.8 Å². The molecule has 0 unspecified atom stereocenters. The van der Waals surface area contributed by atoms with Gasteiger partial charge in [-0.1, -0.05) is 18.2 Å². The van der Waals surface area contributed by atoms with Crippen molar-refractivity contribution < 1.29 is 9.59 Å². The van der Waals surface area contributed by atoms with Crippen LogP contribution in [0.2, 0.25) is 0 Å². The minimum atomic E-state index is -0.224. The minimum absolute atomic E-state index is 0.207. The lowest BCUT2D eigenvalue weighted by atomic mass is 9.99. The van der Waals surface area contributed by atoms with Crippen molar-refractivity contribution in [3.63, 3.8) is 0 Å². The van der Waals surface area contributed by atoms with Gasteiger partial charge >= 0.3 is 0 Å². The van der Waals surface area contributed by atoms with E-state index in [0.717, 1.165) is 5.69 Å². The number of carbonyl (C=O) groups is 2. The molecule has 1 heterocycles. The van der Waals surface area contributed by atoms with Gasteiger partial charge in [-0.3, -0.25) is 14.3 Å². The van der Waals surface area contributed by atoms with Gasteiger partial charge in [-0.25, -0.2) is 0 Å². The fraction of sp³-hybridized carbons (Fsp3) is 0.0714. The summed E-state index contributed by atoms with van der Waals surface area (Å²) in [4.78, 5) is 24.2. The molecule has 19 heavy (non-hydrogen) atoms. The molecule has 1 N–H and O–H groups in total. The summed E-state index contributed by atoms with van der Waals surface area (Å²) in [5.41, 5.74) is 1.71. The van der Waals surface area contributed by atoms with E-state index in [1.165, 1.54) is 17.0 Å². The number of carbonyl (C=O) groups excluding carboxylic acids is 2. The SMILES string of the molecule is Cn1ncc2c1C(=O)C(Nc1ccccc1)=CC2=O. The summed E-state index contributed by atoms with van der Waals surface area (Å²) < 4.78 is 1.43. The summed E-state index contributed by atoms with van der Waals surface area (Å²) in [5, 5.41) is 6.92. The number of rotatable bonds is 2. The van der Waals surface area contributed by atoms with Crippen LogP contribution in [0.4, 0.5) is 5.69 Å². The van der Waals surface area contributed by atoms with Gasteiger partial charge < -0.3 is 5.32 Å². The van der Waals surface area contributed by atoms with Gasteiger partial charge in [0.2, 0.25) is 5.78 Å². The number of Topliss-reactive ketones (excluding diaryl/α,β-unsaturated/α-hetero) is 1. The van der Waals surface area contributed by atoms with Gasteiger partial charge in [-0.15, -0.1) is 0 Å². The molecule has 3 rings (SSSR count). The van der Waals surface area contributed by atoms with E-state index < -0.39 is 0 Å². The lowest BCUT2D eigenvalue weighted by Gasteiger charge is -2.14. The van der Waals surface area contributed by atoms with Crippen molar-refractivity contribution >= 4 is 17.3 Å². The number of anilines is 1. The monoisotopic (exact) mass is 253 g/mol. The second-order valence-corrected chi connectivity index (χ2v) is 4.27. The average molecular weight is 253 g/mol. The van der Waals surface area contributed by atoms with Gasteiger partial charge in [-0.05, 0) is 12.1 Å². The zero-order chi connectivity index (χ0) is 13.4. The van der Waals surface area contributed by atoms with Crippen molar-refractivity contribution in [1.82, 2.24) is 9.78 Å². The largest absolute Gasteiger partial charge is 0.352 e. The summed E-state index contributed by atoms with van der Waals surface area (Å²) in [6.45, 7) is 0. The van der Waals surface area contributed by atoms with E-state index in [0.29, 0.717) is 11.3 Å². The molecule has 5 nitrogen and oxygen atoms in total. The van der Waals surface area contributed by atoms with E-state index in [1.54, 1.807) is 7.05 Å². The second kappa shape index (κ2) is 4.20. The smallest absolute Gasteiger partial charge is 0.228 e. The molecule has 1 aromatic carbocycles. The number of hydrogen-bond donors (Lipinski definition) is 1. The summed E-state index contributed by atoms with van der Waals surface area (Å²) in [6.07, 6.45) is 2.74. The molecular formula is C14H11N3O2. The highest BCUT2D eigenvalue weighted by molar-refractivity contribution is 6.24.